The topological polar surface area (TPSA) is 49.9 Å². The summed E-state index contributed by atoms with van der Waals surface area (Å²) in [6.07, 6.45) is 0.938. The summed E-state index contributed by atoms with van der Waals surface area (Å²) >= 11 is 0. The number of benzene rings is 2. The Hall–Kier alpha value is -2.82. The molecule has 0 unspecified atom stereocenters. The van der Waals surface area contributed by atoms with Crippen molar-refractivity contribution >= 4 is 17.7 Å². The van der Waals surface area contributed by atoms with Crippen molar-refractivity contribution in [2.75, 3.05) is 18.0 Å². The largest absolute Gasteiger partial charge is 0.444 e. The molecule has 2 aromatic rings. The second-order valence-electron chi connectivity index (χ2n) is 8.94. The van der Waals surface area contributed by atoms with Gasteiger partial charge < -0.3 is 14.5 Å². The van der Waals surface area contributed by atoms with Gasteiger partial charge in [0.05, 0.1) is 12.0 Å². The van der Waals surface area contributed by atoms with Crippen LogP contribution in [0, 0.1) is 0 Å². The molecule has 1 fully saturated rings. The second kappa shape index (κ2) is 7.21. The zero-order valence-electron chi connectivity index (χ0n) is 17.4. The minimum Gasteiger partial charge on any atom is -0.444 e. The van der Waals surface area contributed by atoms with Crippen molar-refractivity contribution in [2.45, 2.75) is 51.2 Å². The first-order chi connectivity index (χ1) is 13.8. The van der Waals surface area contributed by atoms with Crippen LogP contribution in [0.2, 0.25) is 0 Å². The van der Waals surface area contributed by atoms with Gasteiger partial charge in [-0.1, -0.05) is 48.5 Å². The van der Waals surface area contributed by atoms with Crippen molar-refractivity contribution in [2.24, 2.45) is 0 Å². The van der Waals surface area contributed by atoms with Crippen LogP contribution in [-0.4, -0.2) is 35.6 Å². The first kappa shape index (κ1) is 19.5. The third kappa shape index (κ3) is 3.61. The number of nitrogens with zero attached hydrogens (tertiary/aromatic N) is 2. The molecule has 0 aliphatic carbocycles. The Morgan fingerprint density at radius 1 is 1.00 bits per heavy atom. The maximum atomic E-state index is 13.6. The van der Waals surface area contributed by atoms with E-state index in [1.54, 1.807) is 4.90 Å². The summed E-state index contributed by atoms with van der Waals surface area (Å²) in [5.74, 6) is 0.145. The molecular formula is C24H28N2O3. The first-order valence-corrected chi connectivity index (χ1v) is 10.2. The summed E-state index contributed by atoms with van der Waals surface area (Å²) in [4.78, 5) is 29.7. The molecular weight excluding hydrogens is 364 g/mol. The van der Waals surface area contributed by atoms with Crippen molar-refractivity contribution in [3.8, 4) is 0 Å². The second-order valence-corrected chi connectivity index (χ2v) is 8.94. The lowest BCUT2D eigenvalue weighted by molar-refractivity contribution is -0.125. The number of rotatable bonds is 2. The average molecular weight is 392 g/mol. The maximum absolute atomic E-state index is 13.6. The first-order valence-electron chi connectivity index (χ1n) is 10.2. The van der Waals surface area contributed by atoms with Gasteiger partial charge in [-0.2, -0.15) is 0 Å². The Balaban J connectivity index is 1.57. The molecule has 1 saturated heterocycles. The molecule has 29 heavy (non-hydrogen) atoms. The van der Waals surface area contributed by atoms with Crippen LogP contribution in [0.15, 0.2) is 54.6 Å². The predicted molar refractivity (Wildman–Crippen MR) is 113 cm³/mol. The van der Waals surface area contributed by atoms with Gasteiger partial charge in [-0.15, -0.1) is 0 Å². The quantitative estimate of drug-likeness (QED) is 0.756. The van der Waals surface area contributed by atoms with Crippen molar-refractivity contribution in [3.05, 3.63) is 65.7 Å². The lowest BCUT2D eigenvalue weighted by atomic mass is 9.73. The Bertz CT molecular complexity index is 909. The molecule has 5 nitrogen and oxygen atoms in total. The molecule has 1 spiro atoms. The number of anilines is 1. The molecule has 0 atom stereocenters. The number of likely N-dealkylation sites (tertiary alicyclic amines) is 1. The maximum Gasteiger partial charge on any atom is 0.410 e. The van der Waals surface area contributed by atoms with E-state index in [4.69, 9.17) is 4.74 Å². The molecule has 2 aromatic carbocycles. The number of para-hydroxylation sites is 1. The molecule has 2 amide bonds. The number of carbonyl (C=O) groups excluding carboxylic acids is 2. The monoisotopic (exact) mass is 392 g/mol. The van der Waals surface area contributed by atoms with E-state index >= 15 is 0 Å². The van der Waals surface area contributed by atoms with Crippen LogP contribution in [0.4, 0.5) is 10.5 Å². The van der Waals surface area contributed by atoms with Gasteiger partial charge in [-0.3, -0.25) is 4.79 Å². The van der Waals surface area contributed by atoms with E-state index in [1.165, 1.54) is 0 Å². The van der Waals surface area contributed by atoms with Gasteiger partial charge in [0.15, 0.2) is 0 Å². The molecule has 2 heterocycles. The summed E-state index contributed by atoms with van der Waals surface area (Å²) in [6, 6.07) is 18.2. The number of carbonyl (C=O) groups is 2. The number of hydrogen-bond acceptors (Lipinski definition) is 3. The van der Waals surface area contributed by atoms with E-state index in [1.807, 2.05) is 74.2 Å². The van der Waals surface area contributed by atoms with Crippen LogP contribution in [0.1, 0.15) is 44.7 Å². The molecule has 0 saturated carbocycles. The molecule has 5 heteroatoms. The van der Waals surface area contributed by atoms with Gasteiger partial charge >= 0.3 is 6.09 Å². The van der Waals surface area contributed by atoms with Crippen molar-refractivity contribution in [3.63, 3.8) is 0 Å². The summed E-state index contributed by atoms with van der Waals surface area (Å²) < 4.78 is 5.52. The van der Waals surface area contributed by atoms with E-state index in [0.29, 0.717) is 32.5 Å². The van der Waals surface area contributed by atoms with Crippen LogP contribution >= 0.6 is 0 Å². The Morgan fingerprint density at radius 3 is 2.28 bits per heavy atom. The van der Waals surface area contributed by atoms with E-state index in [2.05, 4.69) is 6.07 Å². The van der Waals surface area contributed by atoms with Gasteiger partial charge in [0.25, 0.3) is 0 Å². The number of ether oxygens (including phenoxy) is 1. The molecule has 0 bridgehead atoms. The van der Waals surface area contributed by atoms with Gasteiger partial charge in [0.1, 0.15) is 5.60 Å². The fourth-order valence-electron chi connectivity index (χ4n) is 4.40. The summed E-state index contributed by atoms with van der Waals surface area (Å²) in [7, 11) is 0. The lowest BCUT2D eigenvalue weighted by Gasteiger charge is -2.39. The molecule has 0 radical (unpaired) electrons. The molecule has 0 N–H and O–H groups in total. The van der Waals surface area contributed by atoms with Crippen LogP contribution in [0.3, 0.4) is 0 Å². The fraction of sp³-hybridized carbons (Fsp3) is 0.417. The molecule has 2 aliphatic rings. The predicted octanol–water partition coefficient (Wildman–Crippen LogP) is 4.50. The Kier molecular flexibility index (Phi) is 4.85. The van der Waals surface area contributed by atoms with Crippen LogP contribution < -0.4 is 4.90 Å². The van der Waals surface area contributed by atoms with Gasteiger partial charge in [-0.05, 0) is 50.8 Å². The highest BCUT2D eigenvalue weighted by molar-refractivity contribution is 6.08. The Labute approximate surface area is 172 Å². The van der Waals surface area contributed by atoms with E-state index < -0.39 is 11.0 Å². The van der Waals surface area contributed by atoms with Crippen molar-refractivity contribution in [1.29, 1.82) is 0 Å². The van der Waals surface area contributed by atoms with Crippen molar-refractivity contribution in [1.82, 2.24) is 4.90 Å². The molecule has 2 aliphatic heterocycles. The van der Waals surface area contributed by atoms with E-state index in [9.17, 15) is 9.59 Å². The van der Waals surface area contributed by atoms with E-state index in [-0.39, 0.29) is 12.0 Å². The zero-order valence-corrected chi connectivity index (χ0v) is 17.4. The molecule has 152 valence electrons. The molecule has 0 aromatic heterocycles. The number of piperidine rings is 1. The highest BCUT2D eigenvalue weighted by Gasteiger charge is 2.52. The smallest absolute Gasteiger partial charge is 0.410 e. The summed E-state index contributed by atoms with van der Waals surface area (Å²) in [5, 5.41) is 0. The van der Waals surface area contributed by atoms with Crippen LogP contribution in [-0.2, 0) is 21.5 Å². The van der Waals surface area contributed by atoms with Gasteiger partial charge in [0, 0.05) is 18.8 Å². The summed E-state index contributed by atoms with van der Waals surface area (Å²) in [6.45, 7) is 7.22. The highest BCUT2D eigenvalue weighted by Crippen LogP contribution is 2.48. The standard InChI is InChI=1S/C24H28N2O3/c1-23(2,3)29-22(28)25-15-13-24(14-16-25)19-11-7-8-12-20(19)26(21(24)27)17-18-9-5-4-6-10-18/h4-12H,13-17H2,1-3H3. The normalized spacial score (nSPS) is 18.1. The van der Waals surface area contributed by atoms with Crippen molar-refractivity contribution < 1.29 is 14.3 Å². The minimum atomic E-state index is -0.552. The zero-order chi connectivity index (χ0) is 20.6. The van der Waals surface area contributed by atoms with Gasteiger partial charge in [-0.25, -0.2) is 4.79 Å². The average Bonchev–Trinajstić information content (AvgIpc) is 2.91. The van der Waals surface area contributed by atoms with Crippen LogP contribution in [0.5, 0.6) is 0 Å². The third-order valence-corrected chi connectivity index (χ3v) is 5.82. The van der Waals surface area contributed by atoms with E-state index in [0.717, 1.165) is 16.8 Å². The number of hydrogen-bond donors (Lipinski definition) is 0. The number of fused-ring (bicyclic) bond motifs is 2. The van der Waals surface area contributed by atoms with Gasteiger partial charge in [0.2, 0.25) is 5.91 Å². The molecule has 4 rings (SSSR count). The van der Waals surface area contributed by atoms with Crippen LogP contribution in [0.25, 0.3) is 0 Å². The highest BCUT2D eigenvalue weighted by atomic mass is 16.6. The lowest BCUT2D eigenvalue weighted by Crippen LogP contribution is -2.50. The summed E-state index contributed by atoms with van der Waals surface area (Å²) in [5.41, 5.74) is 2.12. The Morgan fingerprint density at radius 2 is 1.62 bits per heavy atom. The number of amides is 2. The minimum absolute atomic E-state index is 0.145. The third-order valence-electron chi connectivity index (χ3n) is 5.82. The fourth-order valence-corrected chi connectivity index (χ4v) is 4.40. The SMILES string of the molecule is CC(C)(C)OC(=O)N1CCC2(CC1)C(=O)N(Cc1ccccc1)c1ccccc12.